The normalized spacial score (nSPS) is 15.2. The number of aryl methyl sites for hydroxylation is 1. The summed E-state index contributed by atoms with van der Waals surface area (Å²) in [4.78, 5) is 24.9. The van der Waals surface area contributed by atoms with Crippen molar-refractivity contribution in [2.75, 3.05) is 19.0 Å². The molecule has 1 aliphatic carbocycles. The molecule has 6 heteroatoms. The van der Waals surface area contributed by atoms with Crippen molar-refractivity contribution in [3.63, 3.8) is 0 Å². The summed E-state index contributed by atoms with van der Waals surface area (Å²) in [6, 6.07) is 0.447. The van der Waals surface area contributed by atoms with E-state index >= 15 is 0 Å². The van der Waals surface area contributed by atoms with Gasteiger partial charge >= 0.3 is 5.97 Å². The number of nitrogens with one attached hydrogen (secondary N) is 2. The first-order valence-corrected chi connectivity index (χ1v) is 8.06. The minimum atomic E-state index is -0.407. The van der Waals surface area contributed by atoms with Crippen LogP contribution in [0.4, 0.5) is 5.00 Å². The summed E-state index contributed by atoms with van der Waals surface area (Å²) in [6.07, 6.45) is 4.74. The standard InChI is InChI=1S/C15H22N2O3S/c1-9-10(2)21-14(13(9)15(19)20-3)17-12(18)8-16-11-6-4-5-7-11/h11,16H,4-8H2,1-3H3,(H,17,18). The van der Waals surface area contributed by atoms with Gasteiger partial charge in [0.15, 0.2) is 0 Å². The first-order chi connectivity index (χ1) is 10.0. The molecule has 1 aliphatic rings. The van der Waals surface area contributed by atoms with Gasteiger partial charge in [0.1, 0.15) is 5.00 Å². The van der Waals surface area contributed by atoms with Crippen LogP contribution in [-0.4, -0.2) is 31.6 Å². The third-order valence-corrected chi connectivity index (χ3v) is 5.06. The Balaban J connectivity index is 1.99. The summed E-state index contributed by atoms with van der Waals surface area (Å²) < 4.78 is 4.79. The van der Waals surface area contributed by atoms with Gasteiger partial charge in [0.2, 0.25) is 5.91 Å². The second kappa shape index (κ2) is 7.04. The van der Waals surface area contributed by atoms with Gasteiger partial charge in [0, 0.05) is 10.9 Å². The topological polar surface area (TPSA) is 67.4 Å². The lowest BCUT2D eigenvalue weighted by atomic mass is 10.1. The second-order valence-corrected chi connectivity index (χ2v) is 6.61. The zero-order valence-corrected chi connectivity index (χ0v) is 13.6. The number of esters is 1. The maximum Gasteiger partial charge on any atom is 0.341 e. The van der Waals surface area contributed by atoms with Gasteiger partial charge in [-0.3, -0.25) is 4.79 Å². The molecule has 0 bridgehead atoms. The van der Waals surface area contributed by atoms with Gasteiger partial charge in [0.05, 0.1) is 19.2 Å². The third kappa shape index (κ3) is 3.83. The van der Waals surface area contributed by atoms with Crippen molar-refractivity contribution in [1.29, 1.82) is 0 Å². The molecule has 0 aliphatic heterocycles. The fourth-order valence-corrected chi connectivity index (χ4v) is 3.67. The Kier molecular flexibility index (Phi) is 5.36. The molecular formula is C15H22N2O3S. The molecule has 0 atom stereocenters. The van der Waals surface area contributed by atoms with Crippen molar-refractivity contribution < 1.29 is 14.3 Å². The van der Waals surface area contributed by atoms with Crippen LogP contribution in [0.5, 0.6) is 0 Å². The fourth-order valence-electron chi connectivity index (χ4n) is 2.60. The smallest absolute Gasteiger partial charge is 0.341 e. The molecule has 1 heterocycles. The Labute approximate surface area is 129 Å². The van der Waals surface area contributed by atoms with E-state index in [0.29, 0.717) is 16.6 Å². The molecule has 0 aromatic carbocycles. The Bertz CT molecular complexity index is 533. The number of anilines is 1. The molecular weight excluding hydrogens is 288 g/mol. The Morgan fingerprint density at radius 1 is 1.29 bits per heavy atom. The molecule has 1 amide bonds. The van der Waals surface area contributed by atoms with Crippen LogP contribution in [0, 0.1) is 13.8 Å². The van der Waals surface area contributed by atoms with Crippen molar-refractivity contribution in [3.8, 4) is 0 Å². The predicted octanol–water partition coefficient (Wildman–Crippen LogP) is 2.62. The fraction of sp³-hybridized carbons (Fsp3) is 0.600. The Morgan fingerprint density at radius 3 is 2.57 bits per heavy atom. The molecule has 0 saturated heterocycles. The average Bonchev–Trinajstić information content (AvgIpc) is 3.06. The Morgan fingerprint density at radius 2 is 1.95 bits per heavy atom. The summed E-state index contributed by atoms with van der Waals surface area (Å²) in [6.45, 7) is 4.07. The van der Waals surface area contributed by atoms with E-state index in [9.17, 15) is 9.59 Å². The molecule has 5 nitrogen and oxygen atoms in total. The van der Waals surface area contributed by atoms with E-state index < -0.39 is 5.97 Å². The number of thiophene rings is 1. The SMILES string of the molecule is COC(=O)c1c(NC(=O)CNC2CCCC2)sc(C)c1C. The Hall–Kier alpha value is -1.40. The molecule has 1 aromatic heterocycles. The summed E-state index contributed by atoms with van der Waals surface area (Å²) in [5.41, 5.74) is 1.33. The quantitative estimate of drug-likeness (QED) is 0.820. The zero-order chi connectivity index (χ0) is 15.4. The number of carbonyl (C=O) groups excluding carboxylic acids is 2. The molecule has 2 N–H and O–H groups in total. The highest BCUT2D eigenvalue weighted by atomic mass is 32.1. The lowest BCUT2D eigenvalue weighted by molar-refractivity contribution is -0.115. The monoisotopic (exact) mass is 310 g/mol. The average molecular weight is 310 g/mol. The summed E-state index contributed by atoms with van der Waals surface area (Å²) in [5.74, 6) is -0.524. The predicted molar refractivity (Wildman–Crippen MR) is 84.0 cm³/mol. The highest BCUT2D eigenvalue weighted by molar-refractivity contribution is 7.16. The summed E-state index contributed by atoms with van der Waals surface area (Å²) in [5, 5.41) is 6.67. The van der Waals surface area contributed by atoms with Crippen molar-refractivity contribution >= 4 is 28.2 Å². The van der Waals surface area contributed by atoms with Crippen LogP contribution in [-0.2, 0) is 9.53 Å². The minimum Gasteiger partial charge on any atom is -0.465 e. The van der Waals surface area contributed by atoms with E-state index in [1.807, 2.05) is 13.8 Å². The van der Waals surface area contributed by atoms with E-state index in [4.69, 9.17) is 4.74 Å². The van der Waals surface area contributed by atoms with Crippen molar-refractivity contribution in [2.45, 2.75) is 45.6 Å². The first kappa shape index (κ1) is 16.0. The molecule has 1 saturated carbocycles. The molecule has 116 valence electrons. The van der Waals surface area contributed by atoms with Crippen LogP contribution in [0.15, 0.2) is 0 Å². The number of methoxy groups -OCH3 is 1. The number of rotatable bonds is 5. The van der Waals surface area contributed by atoms with Gasteiger partial charge in [0.25, 0.3) is 0 Å². The van der Waals surface area contributed by atoms with Crippen LogP contribution < -0.4 is 10.6 Å². The van der Waals surface area contributed by atoms with Crippen LogP contribution in [0.3, 0.4) is 0 Å². The number of hydrogen-bond donors (Lipinski definition) is 2. The third-order valence-electron chi connectivity index (χ3n) is 3.93. The lowest BCUT2D eigenvalue weighted by Gasteiger charge is -2.11. The van der Waals surface area contributed by atoms with Gasteiger partial charge < -0.3 is 15.4 Å². The summed E-state index contributed by atoms with van der Waals surface area (Å²) >= 11 is 1.41. The van der Waals surface area contributed by atoms with Gasteiger partial charge in [-0.05, 0) is 32.3 Å². The molecule has 21 heavy (non-hydrogen) atoms. The van der Waals surface area contributed by atoms with Crippen LogP contribution in [0.1, 0.15) is 46.5 Å². The molecule has 1 aromatic rings. The number of carbonyl (C=O) groups is 2. The minimum absolute atomic E-state index is 0.117. The lowest BCUT2D eigenvalue weighted by Crippen LogP contribution is -2.34. The second-order valence-electron chi connectivity index (χ2n) is 5.39. The number of hydrogen-bond acceptors (Lipinski definition) is 5. The van der Waals surface area contributed by atoms with E-state index in [-0.39, 0.29) is 12.5 Å². The van der Waals surface area contributed by atoms with Crippen molar-refractivity contribution in [3.05, 3.63) is 16.0 Å². The highest BCUT2D eigenvalue weighted by Gasteiger charge is 2.22. The van der Waals surface area contributed by atoms with Crippen LogP contribution in [0.2, 0.25) is 0 Å². The van der Waals surface area contributed by atoms with Gasteiger partial charge in [-0.1, -0.05) is 12.8 Å². The van der Waals surface area contributed by atoms with Gasteiger partial charge in [-0.15, -0.1) is 11.3 Å². The maximum absolute atomic E-state index is 12.0. The molecule has 2 rings (SSSR count). The zero-order valence-electron chi connectivity index (χ0n) is 12.7. The van der Waals surface area contributed by atoms with Gasteiger partial charge in [-0.2, -0.15) is 0 Å². The summed E-state index contributed by atoms with van der Waals surface area (Å²) in [7, 11) is 1.35. The maximum atomic E-state index is 12.0. The molecule has 0 radical (unpaired) electrons. The molecule has 1 fully saturated rings. The molecule has 0 spiro atoms. The van der Waals surface area contributed by atoms with Gasteiger partial charge in [-0.25, -0.2) is 4.79 Å². The van der Waals surface area contributed by atoms with Crippen LogP contribution >= 0.6 is 11.3 Å². The van der Waals surface area contributed by atoms with Crippen molar-refractivity contribution in [2.24, 2.45) is 0 Å². The van der Waals surface area contributed by atoms with E-state index in [2.05, 4.69) is 10.6 Å². The number of amides is 1. The number of ether oxygens (including phenoxy) is 1. The largest absolute Gasteiger partial charge is 0.465 e. The van der Waals surface area contributed by atoms with E-state index in [1.54, 1.807) is 0 Å². The van der Waals surface area contributed by atoms with E-state index in [1.165, 1.54) is 31.3 Å². The van der Waals surface area contributed by atoms with Crippen molar-refractivity contribution in [1.82, 2.24) is 5.32 Å². The first-order valence-electron chi connectivity index (χ1n) is 7.24. The molecule has 0 unspecified atom stereocenters. The van der Waals surface area contributed by atoms with Crippen LogP contribution in [0.25, 0.3) is 0 Å². The van der Waals surface area contributed by atoms with E-state index in [0.717, 1.165) is 23.3 Å². The highest BCUT2D eigenvalue weighted by Crippen LogP contribution is 2.32.